The van der Waals surface area contributed by atoms with Crippen LogP contribution < -0.4 is 21.7 Å². The molecule has 0 heterocycles. The molecule has 2 aromatic rings. The number of carbonyl (C=O) groups excluding carboxylic acids is 2. The number of rotatable bonds is 13. The van der Waals surface area contributed by atoms with Crippen molar-refractivity contribution in [1.82, 2.24) is 16.0 Å². The summed E-state index contributed by atoms with van der Waals surface area (Å²) in [5.41, 5.74) is 8.91. The first-order valence-corrected chi connectivity index (χ1v) is 11.5. The van der Waals surface area contributed by atoms with Crippen molar-refractivity contribution in [2.24, 2.45) is 11.7 Å². The highest BCUT2D eigenvalue weighted by Crippen LogP contribution is 2.19. The minimum Gasteiger partial charge on any atom is -0.354 e. The van der Waals surface area contributed by atoms with Gasteiger partial charge in [-0.3, -0.25) is 9.59 Å². The van der Waals surface area contributed by atoms with Gasteiger partial charge in [-0.1, -0.05) is 81.3 Å². The van der Waals surface area contributed by atoms with E-state index in [1.165, 1.54) is 0 Å². The van der Waals surface area contributed by atoms with Crippen LogP contribution in [0.1, 0.15) is 38.7 Å². The number of unbranched alkanes of at least 4 members (excludes halogenated alkanes) is 1. The molecule has 2 amide bonds. The number of nitrogens with two attached hydrogens (primary N) is 1. The van der Waals surface area contributed by atoms with E-state index in [1.54, 1.807) is 7.05 Å². The van der Waals surface area contributed by atoms with Crippen LogP contribution in [0, 0.1) is 5.92 Å². The Labute approximate surface area is 192 Å². The summed E-state index contributed by atoms with van der Waals surface area (Å²) in [6.07, 6.45) is 3.56. The summed E-state index contributed by atoms with van der Waals surface area (Å²) < 4.78 is 0. The molecule has 6 heteroatoms. The van der Waals surface area contributed by atoms with Gasteiger partial charge in [0.25, 0.3) is 0 Å². The second-order valence-electron chi connectivity index (χ2n) is 8.59. The maximum absolute atomic E-state index is 12.9. The Bertz CT molecular complexity index is 817. The first-order valence-electron chi connectivity index (χ1n) is 11.5. The van der Waals surface area contributed by atoms with E-state index in [-0.39, 0.29) is 18.4 Å². The van der Waals surface area contributed by atoms with Gasteiger partial charge in [0.2, 0.25) is 11.8 Å². The van der Waals surface area contributed by atoms with Crippen molar-refractivity contribution < 1.29 is 9.59 Å². The van der Waals surface area contributed by atoms with Crippen molar-refractivity contribution in [3.05, 3.63) is 60.2 Å². The van der Waals surface area contributed by atoms with E-state index in [9.17, 15) is 9.59 Å². The molecule has 2 atom stereocenters. The molecule has 174 valence electrons. The summed E-state index contributed by atoms with van der Waals surface area (Å²) in [7, 11) is 1.68. The number of benzene rings is 2. The van der Waals surface area contributed by atoms with E-state index in [1.807, 2.05) is 42.5 Å². The molecule has 32 heavy (non-hydrogen) atoms. The van der Waals surface area contributed by atoms with Crippen molar-refractivity contribution in [2.75, 3.05) is 20.1 Å². The van der Waals surface area contributed by atoms with Gasteiger partial charge >= 0.3 is 0 Å². The fraction of sp³-hybridized carbons (Fsp3) is 0.462. The zero-order chi connectivity index (χ0) is 23.3. The van der Waals surface area contributed by atoms with Gasteiger partial charge in [0.15, 0.2) is 0 Å². The van der Waals surface area contributed by atoms with Crippen molar-refractivity contribution in [2.45, 2.75) is 51.6 Å². The van der Waals surface area contributed by atoms with Gasteiger partial charge in [-0.05, 0) is 36.1 Å². The number of hydrogen-bond donors (Lipinski definition) is 4. The first kappa shape index (κ1) is 25.6. The Kier molecular flexibility index (Phi) is 10.9. The third-order valence-electron chi connectivity index (χ3n) is 5.54. The van der Waals surface area contributed by atoms with Crippen LogP contribution in [0.15, 0.2) is 54.6 Å². The summed E-state index contributed by atoms with van der Waals surface area (Å²) in [5, 5.41) is 8.76. The minimum absolute atomic E-state index is 0.164. The smallest absolute Gasteiger partial charge is 0.242 e. The molecule has 0 unspecified atom stereocenters. The lowest BCUT2D eigenvalue weighted by Gasteiger charge is -2.22. The molecule has 0 spiro atoms. The molecule has 2 aromatic carbocycles. The van der Waals surface area contributed by atoms with E-state index >= 15 is 0 Å². The molecule has 0 fully saturated rings. The Hall–Kier alpha value is -2.70. The molecular formula is C26H38N4O2. The standard InChI is InChI=1S/C26H38N4O2/c1-19(2)9-7-8-16-29-25(31)23(30-26(32)24(18-27)28-3)17-20-12-14-22(15-13-20)21-10-5-4-6-11-21/h4-6,10-15,19,23-24,28H,7-9,16-18,27H2,1-3H3,(H,29,31)(H,30,32)/t23-,24-/m1/s1. The van der Waals surface area contributed by atoms with Crippen molar-refractivity contribution in [3.63, 3.8) is 0 Å². The Morgan fingerprint density at radius 3 is 2.12 bits per heavy atom. The highest BCUT2D eigenvalue weighted by atomic mass is 16.2. The average Bonchev–Trinajstić information content (AvgIpc) is 2.80. The number of carbonyl (C=O) groups is 2. The number of amides is 2. The van der Waals surface area contributed by atoms with Gasteiger partial charge in [-0.25, -0.2) is 0 Å². The molecule has 0 radical (unpaired) electrons. The molecule has 6 nitrogen and oxygen atoms in total. The maximum atomic E-state index is 12.9. The fourth-order valence-electron chi connectivity index (χ4n) is 3.55. The lowest BCUT2D eigenvalue weighted by molar-refractivity contribution is -0.129. The maximum Gasteiger partial charge on any atom is 0.242 e. The second kappa shape index (κ2) is 13.7. The molecule has 0 aliphatic heterocycles. The monoisotopic (exact) mass is 438 g/mol. The minimum atomic E-state index is -0.655. The van der Waals surface area contributed by atoms with E-state index in [0.717, 1.165) is 36.0 Å². The molecule has 2 rings (SSSR count). The lowest BCUT2D eigenvalue weighted by Crippen LogP contribution is -2.55. The van der Waals surface area contributed by atoms with E-state index < -0.39 is 12.1 Å². The Morgan fingerprint density at radius 2 is 1.53 bits per heavy atom. The van der Waals surface area contributed by atoms with Gasteiger partial charge in [0, 0.05) is 19.5 Å². The van der Waals surface area contributed by atoms with E-state index in [2.05, 4.69) is 41.9 Å². The predicted octanol–water partition coefficient (Wildman–Crippen LogP) is 2.87. The van der Waals surface area contributed by atoms with Crippen LogP contribution in [0.2, 0.25) is 0 Å². The molecule has 0 saturated carbocycles. The van der Waals surface area contributed by atoms with Crippen molar-refractivity contribution >= 4 is 11.8 Å². The molecule has 0 aromatic heterocycles. The van der Waals surface area contributed by atoms with Crippen LogP contribution in [0.3, 0.4) is 0 Å². The first-order chi connectivity index (χ1) is 15.4. The van der Waals surface area contributed by atoms with E-state index in [4.69, 9.17) is 5.73 Å². The molecule has 5 N–H and O–H groups in total. The molecule has 0 aliphatic rings. The quantitative estimate of drug-likeness (QED) is 0.362. The SMILES string of the molecule is CN[C@H](CN)C(=O)N[C@H](Cc1ccc(-c2ccccc2)cc1)C(=O)NCCCCC(C)C. The zero-order valence-corrected chi connectivity index (χ0v) is 19.6. The molecule has 0 aliphatic carbocycles. The number of likely N-dealkylation sites (N-methyl/N-ethyl adjacent to an activating group) is 1. The van der Waals surface area contributed by atoms with Crippen LogP contribution in [-0.4, -0.2) is 44.0 Å². The predicted molar refractivity (Wildman–Crippen MR) is 131 cm³/mol. The summed E-state index contributed by atoms with van der Waals surface area (Å²) in [6.45, 7) is 5.17. The van der Waals surface area contributed by atoms with Gasteiger partial charge in [0.05, 0.1) is 6.04 Å². The van der Waals surface area contributed by atoms with Gasteiger partial charge in [-0.2, -0.15) is 0 Å². The molecule has 0 bridgehead atoms. The number of nitrogens with one attached hydrogen (secondary N) is 3. The van der Waals surface area contributed by atoms with Gasteiger partial charge < -0.3 is 21.7 Å². The normalized spacial score (nSPS) is 12.9. The van der Waals surface area contributed by atoms with Crippen LogP contribution in [-0.2, 0) is 16.0 Å². The van der Waals surface area contributed by atoms with E-state index in [0.29, 0.717) is 18.9 Å². The van der Waals surface area contributed by atoms with Crippen LogP contribution in [0.5, 0.6) is 0 Å². The Balaban J connectivity index is 2.04. The van der Waals surface area contributed by atoms with Crippen molar-refractivity contribution in [3.8, 4) is 11.1 Å². The second-order valence-corrected chi connectivity index (χ2v) is 8.59. The summed E-state index contributed by atoms with van der Waals surface area (Å²) in [4.78, 5) is 25.5. The summed E-state index contributed by atoms with van der Waals surface area (Å²) in [5.74, 6) is 0.226. The van der Waals surface area contributed by atoms with Crippen LogP contribution in [0.4, 0.5) is 0 Å². The summed E-state index contributed by atoms with van der Waals surface area (Å²) in [6, 6.07) is 17.1. The van der Waals surface area contributed by atoms with Crippen LogP contribution >= 0.6 is 0 Å². The molecule has 0 saturated heterocycles. The third kappa shape index (κ3) is 8.44. The summed E-state index contributed by atoms with van der Waals surface area (Å²) >= 11 is 0. The van der Waals surface area contributed by atoms with Crippen molar-refractivity contribution in [1.29, 1.82) is 0 Å². The number of hydrogen-bond acceptors (Lipinski definition) is 4. The average molecular weight is 439 g/mol. The largest absolute Gasteiger partial charge is 0.354 e. The third-order valence-corrected chi connectivity index (χ3v) is 5.54. The lowest BCUT2D eigenvalue weighted by atomic mass is 10.00. The van der Waals surface area contributed by atoms with Gasteiger partial charge in [0.1, 0.15) is 6.04 Å². The van der Waals surface area contributed by atoms with Crippen LogP contribution in [0.25, 0.3) is 11.1 Å². The van der Waals surface area contributed by atoms with Gasteiger partial charge in [-0.15, -0.1) is 0 Å². The highest BCUT2D eigenvalue weighted by Gasteiger charge is 2.24. The Morgan fingerprint density at radius 1 is 0.875 bits per heavy atom. The zero-order valence-electron chi connectivity index (χ0n) is 19.6. The highest BCUT2D eigenvalue weighted by molar-refractivity contribution is 5.90. The molecular weight excluding hydrogens is 400 g/mol. The fourth-order valence-corrected chi connectivity index (χ4v) is 3.55. The topological polar surface area (TPSA) is 96.2 Å².